The molecule has 17 nitrogen and oxygen atoms in total. The van der Waals surface area contributed by atoms with E-state index in [9.17, 15) is 39.0 Å². The van der Waals surface area contributed by atoms with Gasteiger partial charge in [0.1, 0.15) is 18.1 Å². The number of benzene rings is 1. The van der Waals surface area contributed by atoms with E-state index < -0.39 is 79.1 Å². The van der Waals surface area contributed by atoms with E-state index in [-0.39, 0.29) is 38.2 Å². The molecule has 0 saturated heterocycles. The maximum atomic E-state index is 13.3. The van der Waals surface area contributed by atoms with Crippen molar-refractivity contribution >= 4 is 52.5 Å². The number of carboxylic acid groups (broad SMARTS) is 3. The number of para-hydroxylation sites is 1. The van der Waals surface area contributed by atoms with Crippen LogP contribution in [0.4, 0.5) is 0 Å². The van der Waals surface area contributed by atoms with Gasteiger partial charge in [-0.15, -0.1) is 0 Å². The first-order valence-electron chi connectivity index (χ1n) is 13.7. The Bertz CT molecular complexity index is 1370. The molecular weight excluding hydrogens is 580 g/mol. The number of hydrogen-bond donors (Lipinski definition) is 10. The Morgan fingerprint density at radius 2 is 1.34 bits per heavy atom. The first-order chi connectivity index (χ1) is 20.8. The predicted molar refractivity (Wildman–Crippen MR) is 157 cm³/mol. The summed E-state index contributed by atoms with van der Waals surface area (Å²) in [4.78, 5) is 80.0. The summed E-state index contributed by atoms with van der Waals surface area (Å²) in [6.45, 7) is 0.0607. The van der Waals surface area contributed by atoms with Crippen LogP contribution in [0.25, 0.3) is 10.9 Å². The minimum absolute atomic E-state index is 0.0607. The van der Waals surface area contributed by atoms with Gasteiger partial charge in [0.15, 0.2) is 5.96 Å². The van der Waals surface area contributed by atoms with Crippen molar-refractivity contribution in [3.05, 3.63) is 36.0 Å². The topological polar surface area (TPSA) is 305 Å². The highest BCUT2D eigenvalue weighted by atomic mass is 16.4. The molecule has 0 bridgehead atoms. The van der Waals surface area contributed by atoms with Gasteiger partial charge in [-0.2, -0.15) is 0 Å². The Morgan fingerprint density at radius 1 is 0.795 bits per heavy atom. The normalized spacial score (nSPS) is 13.6. The Kier molecular flexibility index (Phi) is 13.6. The second kappa shape index (κ2) is 17.1. The van der Waals surface area contributed by atoms with Gasteiger partial charge in [0.25, 0.3) is 0 Å². The summed E-state index contributed by atoms with van der Waals surface area (Å²) in [5.41, 5.74) is 18.3. The molecule has 17 heteroatoms. The molecule has 4 unspecified atom stereocenters. The second-order valence-electron chi connectivity index (χ2n) is 10.0. The lowest BCUT2D eigenvalue weighted by atomic mass is 10.0. The van der Waals surface area contributed by atoms with Gasteiger partial charge in [-0.05, 0) is 43.7 Å². The highest BCUT2D eigenvalue weighted by Crippen LogP contribution is 2.19. The van der Waals surface area contributed by atoms with Gasteiger partial charge in [0.05, 0.1) is 6.04 Å². The summed E-state index contributed by atoms with van der Waals surface area (Å²) in [6.07, 6.45) is 0.0748. The highest BCUT2D eigenvalue weighted by Gasteiger charge is 2.31. The van der Waals surface area contributed by atoms with Gasteiger partial charge in [-0.1, -0.05) is 18.2 Å². The number of rotatable bonds is 19. The number of aromatic amines is 1. The first kappa shape index (κ1) is 35.0. The number of aromatic nitrogens is 1. The van der Waals surface area contributed by atoms with Gasteiger partial charge >= 0.3 is 17.9 Å². The molecular formula is C27H38N8O9. The van der Waals surface area contributed by atoms with Crippen molar-refractivity contribution in [2.24, 2.45) is 22.2 Å². The summed E-state index contributed by atoms with van der Waals surface area (Å²) in [5.74, 6) is -6.81. The van der Waals surface area contributed by atoms with Gasteiger partial charge in [-0.3, -0.25) is 29.0 Å². The fourth-order valence-electron chi connectivity index (χ4n) is 4.29. The van der Waals surface area contributed by atoms with Crippen molar-refractivity contribution in [3.63, 3.8) is 0 Å². The van der Waals surface area contributed by atoms with Crippen LogP contribution in [-0.2, 0) is 35.2 Å². The lowest BCUT2D eigenvalue weighted by Crippen LogP contribution is -2.57. The number of carbonyl (C=O) groups excluding carboxylic acids is 3. The van der Waals surface area contributed by atoms with Crippen molar-refractivity contribution in [3.8, 4) is 0 Å². The fraction of sp³-hybridized carbons (Fsp3) is 0.444. The molecule has 3 amide bonds. The van der Waals surface area contributed by atoms with Crippen LogP contribution in [0.3, 0.4) is 0 Å². The third-order valence-corrected chi connectivity index (χ3v) is 6.57. The molecule has 240 valence electrons. The maximum absolute atomic E-state index is 13.3. The lowest BCUT2D eigenvalue weighted by Gasteiger charge is -2.25. The number of amides is 3. The maximum Gasteiger partial charge on any atom is 0.326 e. The van der Waals surface area contributed by atoms with Crippen LogP contribution < -0.4 is 33.2 Å². The van der Waals surface area contributed by atoms with Crippen molar-refractivity contribution in [1.82, 2.24) is 20.9 Å². The standard InChI is InChI=1S/C27H38N8O9/c28-16(12-14-13-32-17-5-2-1-4-15(14)17)23(40)33-19(7-9-21(36)37)25(42)34-18(6-3-11-31-27(29)30)24(41)35-20(26(43)44)8-10-22(38)39/h1-2,4-5,13,16,18-20,32H,3,6-12,28H2,(H,33,40)(H,34,42)(H,35,41)(H,36,37)(H,38,39)(H,43,44)(H4,29,30,31). The Labute approximate surface area is 251 Å². The van der Waals surface area contributed by atoms with Crippen LogP contribution in [0.2, 0.25) is 0 Å². The molecule has 0 radical (unpaired) electrons. The van der Waals surface area contributed by atoms with E-state index >= 15 is 0 Å². The Morgan fingerprint density at radius 3 is 1.93 bits per heavy atom. The zero-order chi connectivity index (χ0) is 32.8. The largest absolute Gasteiger partial charge is 0.481 e. The van der Waals surface area contributed by atoms with Crippen LogP contribution in [0.5, 0.6) is 0 Å². The third-order valence-electron chi connectivity index (χ3n) is 6.57. The number of hydrogen-bond acceptors (Lipinski definition) is 8. The van der Waals surface area contributed by atoms with Crippen LogP contribution in [0, 0.1) is 0 Å². The van der Waals surface area contributed by atoms with Crippen LogP contribution in [0.15, 0.2) is 35.5 Å². The monoisotopic (exact) mass is 618 g/mol. The zero-order valence-corrected chi connectivity index (χ0v) is 23.8. The SMILES string of the molecule is NC(N)=NCCCC(NC(=O)C(CCC(=O)O)NC(=O)C(N)Cc1c[nH]c2ccccc12)C(=O)NC(CCC(=O)O)C(=O)O. The predicted octanol–water partition coefficient (Wildman–Crippen LogP) is -1.64. The molecule has 0 aliphatic rings. The van der Waals surface area contributed by atoms with Crippen molar-refractivity contribution in [2.45, 2.75) is 69.1 Å². The fourth-order valence-corrected chi connectivity index (χ4v) is 4.29. The number of nitrogens with one attached hydrogen (secondary N) is 4. The highest BCUT2D eigenvalue weighted by molar-refractivity contribution is 5.94. The van der Waals surface area contributed by atoms with E-state index in [1.54, 1.807) is 6.20 Å². The van der Waals surface area contributed by atoms with E-state index in [2.05, 4.69) is 25.9 Å². The molecule has 13 N–H and O–H groups in total. The number of fused-ring (bicyclic) bond motifs is 1. The van der Waals surface area contributed by atoms with Crippen molar-refractivity contribution < 1.29 is 44.1 Å². The summed E-state index contributed by atoms with van der Waals surface area (Å²) in [7, 11) is 0. The smallest absolute Gasteiger partial charge is 0.326 e. The summed E-state index contributed by atoms with van der Waals surface area (Å²) < 4.78 is 0. The van der Waals surface area contributed by atoms with E-state index in [0.29, 0.717) is 0 Å². The van der Waals surface area contributed by atoms with Crippen LogP contribution >= 0.6 is 0 Å². The molecule has 44 heavy (non-hydrogen) atoms. The number of nitrogens with zero attached hydrogens (tertiary/aromatic N) is 1. The number of H-pyrrole nitrogens is 1. The number of aliphatic imine (C=N–C) groups is 1. The van der Waals surface area contributed by atoms with Crippen molar-refractivity contribution in [1.29, 1.82) is 0 Å². The Balaban J connectivity index is 2.19. The quantitative estimate of drug-likeness (QED) is 0.0481. The van der Waals surface area contributed by atoms with Crippen LogP contribution in [0.1, 0.15) is 44.1 Å². The average molecular weight is 619 g/mol. The lowest BCUT2D eigenvalue weighted by molar-refractivity contribution is -0.143. The summed E-state index contributed by atoms with van der Waals surface area (Å²) in [5, 5.41) is 35.5. The van der Waals surface area contributed by atoms with E-state index in [1.807, 2.05) is 24.3 Å². The number of carboxylic acids is 3. The number of nitrogens with two attached hydrogens (primary N) is 3. The third kappa shape index (κ3) is 11.6. The minimum Gasteiger partial charge on any atom is -0.481 e. The molecule has 1 heterocycles. The molecule has 4 atom stereocenters. The number of aliphatic carboxylic acids is 3. The van der Waals surface area contributed by atoms with Crippen LogP contribution in [-0.4, -0.2) is 92.6 Å². The van der Waals surface area contributed by atoms with Gasteiger partial charge in [0, 0.05) is 36.5 Å². The molecule has 1 aromatic heterocycles. The number of carbonyl (C=O) groups is 6. The van der Waals surface area contributed by atoms with Gasteiger partial charge in [0.2, 0.25) is 17.7 Å². The Hall–Kier alpha value is -5.19. The van der Waals surface area contributed by atoms with Gasteiger partial charge < -0.3 is 53.5 Å². The van der Waals surface area contributed by atoms with Crippen molar-refractivity contribution in [2.75, 3.05) is 6.54 Å². The molecule has 0 aliphatic carbocycles. The van der Waals surface area contributed by atoms with E-state index in [4.69, 9.17) is 22.3 Å². The molecule has 0 saturated carbocycles. The van der Waals surface area contributed by atoms with E-state index in [1.165, 1.54) is 0 Å². The van der Waals surface area contributed by atoms with E-state index in [0.717, 1.165) is 16.5 Å². The molecule has 1 aromatic carbocycles. The summed E-state index contributed by atoms with van der Waals surface area (Å²) in [6, 6.07) is 1.91. The first-order valence-corrected chi connectivity index (χ1v) is 13.7. The molecule has 0 aliphatic heterocycles. The molecule has 2 aromatic rings. The number of guanidine groups is 1. The second-order valence-corrected chi connectivity index (χ2v) is 10.0. The zero-order valence-electron chi connectivity index (χ0n) is 23.8. The average Bonchev–Trinajstić information content (AvgIpc) is 3.36. The van der Waals surface area contributed by atoms with Gasteiger partial charge in [-0.25, -0.2) is 4.79 Å². The minimum atomic E-state index is -1.57. The molecule has 2 rings (SSSR count). The summed E-state index contributed by atoms with van der Waals surface area (Å²) >= 11 is 0. The molecule has 0 fully saturated rings. The molecule has 0 spiro atoms.